The lowest BCUT2D eigenvalue weighted by atomic mass is 9.84. The van der Waals surface area contributed by atoms with Gasteiger partial charge in [-0.15, -0.1) is 5.73 Å². The molecule has 0 bridgehead atoms. The lowest BCUT2D eigenvalue weighted by molar-refractivity contribution is 0.0295. The number of hydrogen-bond acceptors (Lipinski definition) is 1. The van der Waals surface area contributed by atoms with E-state index in [9.17, 15) is 0 Å². The van der Waals surface area contributed by atoms with Crippen LogP contribution >= 0.6 is 0 Å². The Morgan fingerprint density at radius 3 is 3.05 bits per heavy atom. The minimum Gasteiger partial charge on any atom is -0.376 e. The number of ether oxygens (including phenoxy) is 1. The summed E-state index contributed by atoms with van der Waals surface area (Å²) < 4.78 is 5.99. The molecule has 0 spiro atoms. The van der Waals surface area contributed by atoms with Gasteiger partial charge in [-0.05, 0) is 37.3 Å². The van der Waals surface area contributed by atoms with Gasteiger partial charge in [0.2, 0.25) is 0 Å². The van der Waals surface area contributed by atoms with Gasteiger partial charge in [0.15, 0.2) is 0 Å². The Morgan fingerprint density at radius 2 is 2.35 bits per heavy atom. The van der Waals surface area contributed by atoms with Gasteiger partial charge >= 0.3 is 0 Å². The van der Waals surface area contributed by atoms with E-state index in [1.807, 2.05) is 0 Å². The molecule has 1 aliphatic carbocycles. The summed E-state index contributed by atoms with van der Waals surface area (Å²) in [6.45, 7) is 14.9. The van der Waals surface area contributed by atoms with Crippen LogP contribution in [0.15, 0.2) is 47.3 Å². The molecular formula is C19H24O. The lowest BCUT2D eigenvalue weighted by Crippen LogP contribution is -2.25. The molecule has 106 valence electrons. The second kappa shape index (κ2) is 6.92. The molecule has 1 heterocycles. The topological polar surface area (TPSA) is 9.23 Å². The summed E-state index contributed by atoms with van der Waals surface area (Å²) in [5, 5.41) is 0. The van der Waals surface area contributed by atoms with Gasteiger partial charge in [-0.25, -0.2) is 0 Å². The van der Waals surface area contributed by atoms with Gasteiger partial charge in [0.05, 0.1) is 12.7 Å². The van der Waals surface area contributed by atoms with E-state index in [0.29, 0.717) is 17.8 Å². The van der Waals surface area contributed by atoms with E-state index in [0.717, 1.165) is 25.0 Å². The Bertz CT molecular complexity index is 474. The van der Waals surface area contributed by atoms with Crippen molar-refractivity contribution in [2.24, 2.45) is 17.8 Å². The quantitative estimate of drug-likeness (QED) is 0.542. The summed E-state index contributed by atoms with van der Waals surface area (Å²) in [6, 6.07) is 0. The van der Waals surface area contributed by atoms with Crippen molar-refractivity contribution in [3.05, 3.63) is 60.8 Å². The molecule has 2 rings (SSSR count). The minimum absolute atomic E-state index is 0.195. The van der Waals surface area contributed by atoms with Crippen molar-refractivity contribution in [1.29, 1.82) is 0 Å². The first kappa shape index (κ1) is 15.1. The van der Waals surface area contributed by atoms with Gasteiger partial charge < -0.3 is 4.74 Å². The van der Waals surface area contributed by atoms with Gasteiger partial charge in [-0.3, -0.25) is 0 Å². The highest BCUT2D eigenvalue weighted by atomic mass is 16.5. The Labute approximate surface area is 123 Å². The number of fused-ring (bicyclic) bond motifs is 1. The van der Waals surface area contributed by atoms with Crippen LogP contribution in [0.3, 0.4) is 0 Å². The third-order valence-electron chi connectivity index (χ3n) is 4.04. The molecule has 20 heavy (non-hydrogen) atoms. The van der Waals surface area contributed by atoms with E-state index >= 15 is 0 Å². The summed E-state index contributed by atoms with van der Waals surface area (Å²) in [7, 11) is 0. The SMILES string of the molecule is [CH]=C=C1CC2OCC(C)C=CC2C=C1/C=C\C([CH2])CC. The summed E-state index contributed by atoms with van der Waals surface area (Å²) in [5.74, 6) is 1.15. The van der Waals surface area contributed by atoms with Crippen LogP contribution in [0.5, 0.6) is 0 Å². The van der Waals surface area contributed by atoms with E-state index < -0.39 is 0 Å². The van der Waals surface area contributed by atoms with Crippen molar-refractivity contribution < 1.29 is 4.74 Å². The van der Waals surface area contributed by atoms with Gasteiger partial charge in [-0.1, -0.05) is 44.2 Å². The maximum absolute atomic E-state index is 5.99. The Morgan fingerprint density at radius 1 is 1.55 bits per heavy atom. The molecule has 0 N–H and O–H groups in total. The van der Waals surface area contributed by atoms with Crippen molar-refractivity contribution in [2.75, 3.05) is 6.61 Å². The molecule has 0 saturated carbocycles. The molecule has 1 aliphatic heterocycles. The van der Waals surface area contributed by atoms with E-state index in [-0.39, 0.29) is 6.10 Å². The van der Waals surface area contributed by atoms with Crippen molar-refractivity contribution in [3.8, 4) is 0 Å². The van der Waals surface area contributed by atoms with E-state index in [1.54, 1.807) is 0 Å². The Kier molecular flexibility index (Phi) is 5.23. The highest BCUT2D eigenvalue weighted by Gasteiger charge is 2.27. The second-order valence-corrected chi connectivity index (χ2v) is 5.79. The van der Waals surface area contributed by atoms with Crippen LogP contribution in [0.1, 0.15) is 26.7 Å². The molecule has 2 radical (unpaired) electrons. The third-order valence-corrected chi connectivity index (χ3v) is 4.04. The third kappa shape index (κ3) is 3.62. The van der Waals surface area contributed by atoms with Crippen LogP contribution in [0.4, 0.5) is 0 Å². The van der Waals surface area contributed by atoms with Crippen LogP contribution < -0.4 is 0 Å². The molecular weight excluding hydrogens is 244 g/mol. The molecule has 1 heteroatoms. The first-order valence-corrected chi connectivity index (χ1v) is 7.49. The van der Waals surface area contributed by atoms with Crippen LogP contribution in [0.25, 0.3) is 0 Å². The average Bonchev–Trinajstić information content (AvgIpc) is 2.65. The predicted octanol–water partition coefficient (Wildman–Crippen LogP) is 4.45. The maximum atomic E-state index is 5.99. The van der Waals surface area contributed by atoms with E-state index in [4.69, 9.17) is 11.3 Å². The summed E-state index contributed by atoms with van der Waals surface area (Å²) in [4.78, 5) is 0. The molecule has 4 unspecified atom stereocenters. The summed E-state index contributed by atoms with van der Waals surface area (Å²) >= 11 is 0. The molecule has 0 aromatic rings. The largest absolute Gasteiger partial charge is 0.376 e. The first-order valence-electron chi connectivity index (χ1n) is 7.49. The second-order valence-electron chi connectivity index (χ2n) is 5.79. The van der Waals surface area contributed by atoms with Crippen LogP contribution in [-0.4, -0.2) is 12.7 Å². The summed E-state index contributed by atoms with van der Waals surface area (Å²) in [6.07, 6.45) is 13.1. The van der Waals surface area contributed by atoms with Gasteiger partial charge in [0.1, 0.15) is 0 Å². The highest BCUT2D eigenvalue weighted by Crippen LogP contribution is 2.33. The van der Waals surface area contributed by atoms with Gasteiger partial charge in [0, 0.05) is 17.9 Å². The van der Waals surface area contributed by atoms with Crippen LogP contribution in [-0.2, 0) is 4.74 Å². The molecule has 0 fully saturated rings. The van der Waals surface area contributed by atoms with E-state index in [2.05, 4.69) is 56.9 Å². The molecule has 4 atom stereocenters. The zero-order chi connectivity index (χ0) is 14.5. The predicted molar refractivity (Wildman–Crippen MR) is 83.8 cm³/mol. The van der Waals surface area contributed by atoms with E-state index in [1.165, 1.54) is 5.57 Å². The Balaban J connectivity index is 2.24. The van der Waals surface area contributed by atoms with Crippen molar-refractivity contribution >= 4 is 0 Å². The molecule has 2 aliphatic rings. The minimum atomic E-state index is 0.195. The van der Waals surface area contributed by atoms with Crippen molar-refractivity contribution in [3.63, 3.8) is 0 Å². The Hall–Kier alpha value is -1.30. The fraction of sp³-hybridized carbons (Fsp3) is 0.474. The molecule has 0 aromatic carbocycles. The molecule has 0 saturated heterocycles. The monoisotopic (exact) mass is 268 g/mol. The van der Waals surface area contributed by atoms with Gasteiger partial charge in [0.25, 0.3) is 0 Å². The van der Waals surface area contributed by atoms with Crippen molar-refractivity contribution in [2.45, 2.75) is 32.8 Å². The zero-order valence-electron chi connectivity index (χ0n) is 12.5. The summed E-state index contributed by atoms with van der Waals surface area (Å²) in [5.41, 5.74) is 5.05. The number of allylic oxidation sites excluding steroid dienone is 3. The fourth-order valence-electron chi connectivity index (χ4n) is 2.54. The molecule has 0 aromatic heterocycles. The lowest BCUT2D eigenvalue weighted by Gasteiger charge is -2.28. The smallest absolute Gasteiger partial charge is 0.0719 e. The number of hydrogen-bond donors (Lipinski definition) is 0. The van der Waals surface area contributed by atoms with Gasteiger partial charge in [-0.2, -0.15) is 0 Å². The maximum Gasteiger partial charge on any atom is 0.0719 e. The van der Waals surface area contributed by atoms with Crippen molar-refractivity contribution in [1.82, 2.24) is 0 Å². The first-order chi connectivity index (χ1) is 9.63. The zero-order valence-corrected chi connectivity index (χ0v) is 12.5. The normalized spacial score (nSPS) is 31.4. The van der Waals surface area contributed by atoms with Crippen LogP contribution in [0, 0.1) is 31.3 Å². The average molecular weight is 268 g/mol. The molecule has 1 nitrogen and oxygen atoms in total. The highest BCUT2D eigenvalue weighted by molar-refractivity contribution is 5.43. The number of rotatable bonds is 3. The van der Waals surface area contributed by atoms with Crippen LogP contribution in [0.2, 0.25) is 0 Å². The standard InChI is InChI=1S/C19H24O/c1-5-14(3)7-9-17-11-18-10-8-15(4)13-20-19(18)12-16(17)6-2/h2,7-11,14-15,18-19H,3,5,12-13H2,1,4H3/b9-7-. The molecule has 0 amide bonds. The fourth-order valence-corrected chi connectivity index (χ4v) is 2.54.